The quantitative estimate of drug-likeness (QED) is 0.869. The molecule has 1 atom stereocenters. The normalized spacial score (nSPS) is 17.0. The predicted molar refractivity (Wildman–Crippen MR) is 66.3 cm³/mol. The van der Waals surface area contributed by atoms with Crippen molar-refractivity contribution >= 4 is 17.2 Å². The molecule has 1 aromatic heterocycles. The van der Waals surface area contributed by atoms with Crippen molar-refractivity contribution in [2.45, 2.75) is 26.3 Å². The first kappa shape index (κ1) is 11.6. The molecule has 2 heterocycles. The van der Waals surface area contributed by atoms with Crippen LogP contribution in [0.2, 0.25) is 0 Å². The zero-order chi connectivity index (χ0) is 11.5. The van der Waals surface area contributed by atoms with Crippen molar-refractivity contribution in [3.8, 4) is 0 Å². The molecule has 1 unspecified atom stereocenters. The first-order valence-corrected chi connectivity index (χ1v) is 6.68. The summed E-state index contributed by atoms with van der Waals surface area (Å²) in [6, 6.07) is 2.13. The van der Waals surface area contributed by atoms with Crippen LogP contribution in [0.1, 0.15) is 23.8 Å². The van der Waals surface area contributed by atoms with Gasteiger partial charge in [-0.25, -0.2) is 0 Å². The number of fused-ring (bicyclic) bond motifs is 1. The Kier molecular flexibility index (Phi) is 3.61. The lowest BCUT2D eigenvalue weighted by Crippen LogP contribution is -2.41. The van der Waals surface area contributed by atoms with E-state index in [1.807, 2.05) is 11.8 Å². The van der Waals surface area contributed by atoms with E-state index in [2.05, 4.69) is 11.4 Å². The SMILES string of the molecule is CCC(CN)C(=O)N1CCc2sccc2C1. The second-order valence-corrected chi connectivity index (χ2v) is 5.22. The molecule has 4 heteroatoms. The first-order chi connectivity index (χ1) is 7.76. The Morgan fingerprint density at radius 1 is 1.69 bits per heavy atom. The molecule has 1 aromatic rings. The Morgan fingerprint density at radius 2 is 2.50 bits per heavy atom. The molecule has 1 aliphatic heterocycles. The van der Waals surface area contributed by atoms with E-state index in [1.54, 1.807) is 11.3 Å². The van der Waals surface area contributed by atoms with Gasteiger partial charge in [-0.05, 0) is 29.9 Å². The van der Waals surface area contributed by atoms with Crippen LogP contribution in [0.15, 0.2) is 11.4 Å². The molecule has 88 valence electrons. The lowest BCUT2D eigenvalue weighted by Gasteiger charge is -2.29. The van der Waals surface area contributed by atoms with Crippen LogP contribution in [-0.2, 0) is 17.8 Å². The zero-order valence-electron chi connectivity index (χ0n) is 9.61. The number of rotatable bonds is 3. The highest BCUT2D eigenvalue weighted by Gasteiger charge is 2.25. The molecule has 0 aromatic carbocycles. The summed E-state index contributed by atoms with van der Waals surface area (Å²) in [5.41, 5.74) is 6.94. The van der Waals surface area contributed by atoms with Gasteiger partial charge in [-0.3, -0.25) is 4.79 Å². The highest BCUT2D eigenvalue weighted by atomic mass is 32.1. The highest BCUT2D eigenvalue weighted by Crippen LogP contribution is 2.25. The molecule has 0 radical (unpaired) electrons. The Bertz CT molecular complexity index is 371. The van der Waals surface area contributed by atoms with Gasteiger partial charge in [0, 0.05) is 24.5 Å². The Hall–Kier alpha value is -0.870. The smallest absolute Gasteiger partial charge is 0.227 e. The fraction of sp³-hybridized carbons (Fsp3) is 0.583. The second kappa shape index (κ2) is 4.97. The molecule has 1 amide bonds. The molecule has 16 heavy (non-hydrogen) atoms. The zero-order valence-corrected chi connectivity index (χ0v) is 10.4. The molecule has 0 saturated carbocycles. The maximum Gasteiger partial charge on any atom is 0.227 e. The van der Waals surface area contributed by atoms with Crippen LogP contribution >= 0.6 is 11.3 Å². The maximum atomic E-state index is 12.1. The number of carbonyl (C=O) groups is 1. The standard InChI is InChI=1S/C12H18N2OS/c1-2-9(7-13)12(15)14-5-3-11-10(8-14)4-6-16-11/h4,6,9H,2-3,5,7-8,13H2,1H3. The largest absolute Gasteiger partial charge is 0.338 e. The van der Waals surface area contributed by atoms with Crippen molar-refractivity contribution in [3.05, 3.63) is 21.9 Å². The van der Waals surface area contributed by atoms with Gasteiger partial charge in [0.05, 0.1) is 5.92 Å². The van der Waals surface area contributed by atoms with Crippen LogP contribution in [-0.4, -0.2) is 23.9 Å². The molecule has 0 bridgehead atoms. The summed E-state index contributed by atoms with van der Waals surface area (Å²) < 4.78 is 0. The summed E-state index contributed by atoms with van der Waals surface area (Å²) in [6.45, 7) is 4.11. The van der Waals surface area contributed by atoms with Gasteiger partial charge in [-0.1, -0.05) is 6.92 Å². The van der Waals surface area contributed by atoms with Crippen molar-refractivity contribution in [3.63, 3.8) is 0 Å². The third kappa shape index (κ3) is 2.13. The summed E-state index contributed by atoms with van der Waals surface area (Å²) in [5.74, 6) is 0.224. The van der Waals surface area contributed by atoms with Crippen LogP contribution in [0.3, 0.4) is 0 Å². The fourth-order valence-electron chi connectivity index (χ4n) is 2.14. The minimum absolute atomic E-state index is 0.000172. The summed E-state index contributed by atoms with van der Waals surface area (Å²) in [7, 11) is 0. The van der Waals surface area contributed by atoms with Gasteiger partial charge in [-0.2, -0.15) is 0 Å². The van der Waals surface area contributed by atoms with Gasteiger partial charge in [-0.15, -0.1) is 11.3 Å². The summed E-state index contributed by atoms with van der Waals surface area (Å²) >= 11 is 1.80. The van der Waals surface area contributed by atoms with Crippen molar-refractivity contribution in [2.24, 2.45) is 11.7 Å². The maximum absolute atomic E-state index is 12.1. The lowest BCUT2D eigenvalue weighted by molar-refractivity contribution is -0.136. The van der Waals surface area contributed by atoms with Crippen LogP contribution in [0.5, 0.6) is 0 Å². The molecule has 2 rings (SSSR count). The van der Waals surface area contributed by atoms with E-state index in [1.165, 1.54) is 10.4 Å². The molecule has 0 saturated heterocycles. The minimum Gasteiger partial charge on any atom is -0.338 e. The number of hydrogen-bond acceptors (Lipinski definition) is 3. The summed E-state index contributed by atoms with van der Waals surface area (Å²) in [5, 5.41) is 2.11. The number of thiophene rings is 1. The van der Waals surface area contributed by atoms with Gasteiger partial charge in [0.25, 0.3) is 0 Å². The number of nitrogens with zero attached hydrogens (tertiary/aromatic N) is 1. The number of nitrogens with two attached hydrogens (primary N) is 1. The van der Waals surface area contributed by atoms with Gasteiger partial charge < -0.3 is 10.6 Å². The summed E-state index contributed by atoms with van der Waals surface area (Å²) in [6.07, 6.45) is 1.84. The Morgan fingerprint density at radius 3 is 3.19 bits per heavy atom. The van der Waals surface area contributed by atoms with E-state index in [-0.39, 0.29) is 11.8 Å². The van der Waals surface area contributed by atoms with E-state index in [9.17, 15) is 4.79 Å². The number of amides is 1. The Balaban J connectivity index is 2.05. The third-order valence-corrected chi connectivity index (χ3v) is 4.27. The van der Waals surface area contributed by atoms with E-state index in [0.29, 0.717) is 6.54 Å². The Labute approximate surface area is 100 Å². The van der Waals surface area contributed by atoms with Crippen molar-refractivity contribution in [1.29, 1.82) is 0 Å². The van der Waals surface area contributed by atoms with Gasteiger partial charge in [0.15, 0.2) is 0 Å². The summed E-state index contributed by atoms with van der Waals surface area (Å²) in [4.78, 5) is 15.5. The average molecular weight is 238 g/mol. The molecule has 1 aliphatic rings. The number of carbonyl (C=O) groups excluding carboxylic acids is 1. The van der Waals surface area contributed by atoms with E-state index >= 15 is 0 Å². The molecule has 0 fully saturated rings. The van der Waals surface area contributed by atoms with Crippen molar-refractivity contribution in [2.75, 3.05) is 13.1 Å². The highest BCUT2D eigenvalue weighted by molar-refractivity contribution is 7.10. The van der Waals surface area contributed by atoms with Crippen LogP contribution in [0.4, 0.5) is 0 Å². The second-order valence-electron chi connectivity index (χ2n) is 4.22. The van der Waals surface area contributed by atoms with Crippen LogP contribution in [0.25, 0.3) is 0 Å². The van der Waals surface area contributed by atoms with Crippen molar-refractivity contribution in [1.82, 2.24) is 4.90 Å². The van der Waals surface area contributed by atoms with E-state index in [4.69, 9.17) is 5.73 Å². The molecular weight excluding hydrogens is 220 g/mol. The molecule has 0 aliphatic carbocycles. The molecule has 0 spiro atoms. The average Bonchev–Trinajstić information content (AvgIpc) is 2.77. The van der Waals surface area contributed by atoms with Gasteiger partial charge in [0.1, 0.15) is 0 Å². The van der Waals surface area contributed by atoms with E-state index in [0.717, 1.165) is 25.9 Å². The minimum atomic E-state index is 0.000172. The molecule has 2 N–H and O–H groups in total. The van der Waals surface area contributed by atoms with Gasteiger partial charge >= 0.3 is 0 Å². The number of hydrogen-bond donors (Lipinski definition) is 1. The molecular formula is C12H18N2OS. The fourth-order valence-corrected chi connectivity index (χ4v) is 3.03. The van der Waals surface area contributed by atoms with Gasteiger partial charge in [0.2, 0.25) is 5.91 Å². The first-order valence-electron chi connectivity index (χ1n) is 5.80. The van der Waals surface area contributed by atoms with Crippen molar-refractivity contribution < 1.29 is 4.79 Å². The monoisotopic (exact) mass is 238 g/mol. The van der Waals surface area contributed by atoms with Crippen LogP contribution in [0, 0.1) is 5.92 Å². The third-order valence-electron chi connectivity index (χ3n) is 3.25. The van der Waals surface area contributed by atoms with Crippen LogP contribution < -0.4 is 5.73 Å². The predicted octanol–water partition coefficient (Wildman–Crippen LogP) is 1.62. The van der Waals surface area contributed by atoms with E-state index < -0.39 is 0 Å². The topological polar surface area (TPSA) is 46.3 Å². The lowest BCUT2D eigenvalue weighted by atomic mass is 10.0. The molecule has 3 nitrogen and oxygen atoms in total.